The molecular formula is C19H18O5. The molecule has 2 aromatic rings. The summed E-state index contributed by atoms with van der Waals surface area (Å²) in [4.78, 5) is 23.3. The van der Waals surface area contributed by atoms with Crippen molar-refractivity contribution >= 4 is 17.8 Å². The van der Waals surface area contributed by atoms with Gasteiger partial charge in [0.25, 0.3) is 0 Å². The van der Waals surface area contributed by atoms with Gasteiger partial charge in [0.2, 0.25) is 0 Å². The molecule has 0 unspecified atom stereocenters. The number of phenols is 2. The number of carbonyl (C=O) groups excluding carboxylic acids is 1. The van der Waals surface area contributed by atoms with Crippen LogP contribution in [0.5, 0.6) is 11.5 Å². The minimum atomic E-state index is -1.13. The van der Waals surface area contributed by atoms with Crippen molar-refractivity contribution in [3.63, 3.8) is 0 Å². The molecule has 0 aliphatic rings. The number of rotatable bonds is 5. The lowest BCUT2D eigenvalue weighted by atomic mass is 9.84. The first-order valence-corrected chi connectivity index (χ1v) is 7.31. The summed E-state index contributed by atoms with van der Waals surface area (Å²) in [6, 6.07) is 10.7. The number of carboxylic acids is 1. The second-order valence-corrected chi connectivity index (χ2v) is 5.92. The minimum Gasteiger partial charge on any atom is -0.507 e. The van der Waals surface area contributed by atoms with E-state index < -0.39 is 17.2 Å². The van der Waals surface area contributed by atoms with Crippen LogP contribution in [-0.4, -0.2) is 27.1 Å². The van der Waals surface area contributed by atoms with Crippen molar-refractivity contribution in [3.8, 4) is 11.5 Å². The van der Waals surface area contributed by atoms with Gasteiger partial charge in [-0.05, 0) is 49.8 Å². The molecule has 2 aromatic carbocycles. The zero-order valence-corrected chi connectivity index (χ0v) is 13.4. The Labute approximate surface area is 139 Å². The Morgan fingerprint density at radius 3 is 2.25 bits per heavy atom. The molecule has 0 bridgehead atoms. The topological polar surface area (TPSA) is 94.8 Å². The predicted octanol–water partition coefficient (Wildman–Crippen LogP) is 3.36. The number of aliphatic carboxylic acids is 1. The van der Waals surface area contributed by atoms with Gasteiger partial charge in [-0.2, -0.15) is 0 Å². The van der Waals surface area contributed by atoms with Crippen LogP contribution in [0.25, 0.3) is 6.08 Å². The largest absolute Gasteiger partial charge is 0.507 e. The third-order valence-electron chi connectivity index (χ3n) is 3.87. The normalized spacial score (nSPS) is 11.6. The van der Waals surface area contributed by atoms with E-state index in [4.69, 9.17) is 0 Å². The van der Waals surface area contributed by atoms with Gasteiger partial charge < -0.3 is 15.3 Å². The van der Waals surface area contributed by atoms with Crippen LogP contribution < -0.4 is 0 Å². The Morgan fingerprint density at radius 2 is 1.67 bits per heavy atom. The van der Waals surface area contributed by atoms with Gasteiger partial charge in [0.1, 0.15) is 11.5 Å². The molecule has 3 N–H and O–H groups in total. The van der Waals surface area contributed by atoms with Crippen LogP contribution in [0.3, 0.4) is 0 Å². The Morgan fingerprint density at radius 1 is 1.00 bits per heavy atom. The summed E-state index contributed by atoms with van der Waals surface area (Å²) in [5, 5.41) is 28.9. The Balaban J connectivity index is 2.27. The molecule has 24 heavy (non-hydrogen) atoms. The van der Waals surface area contributed by atoms with Crippen LogP contribution in [0.4, 0.5) is 0 Å². The predicted molar refractivity (Wildman–Crippen MR) is 90.2 cm³/mol. The summed E-state index contributed by atoms with van der Waals surface area (Å²) in [5.41, 5.74) is -0.136. The molecular weight excluding hydrogens is 308 g/mol. The van der Waals surface area contributed by atoms with E-state index >= 15 is 0 Å². The summed E-state index contributed by atoms with van der Waals surface area (Å²) in [6.45, 7) is 3.09. The van der Waals surface area contributed by atoms with Crippen LogP contribution in [0.2, 0.25) is 0 Å². The number of para-hydroxylation sites is 1. The van der Waals surface area contributed by atoms with Gasteiger partial charge >= 0.3 is 5.97 Å². The van der Waals surface area contributed by atoms with E-state index in [0.717, 1.165) is 0 Å². The van der Waals surface area contributed by atoms with Gasteiger partial charge in [0.05, 0.1) is 11.0 Å². The lowest BCUT2D eigenvalue weighted by Crippen LogP contribution is -2.28. The van der Waals surface area contributed by atoms with Crippen LogP contribution in [-0.2, 0) is 10.2 Å². The monoisotopic (exact) mass is 326 g/mol. The van der Waals surface area contributed by atoms with E-state index in [1.165, 1.54) is 30.4 Å². The zero-order chi connectivity index (χ0) is 17.9. The molecule has 0 saturated heterocycles. The number of carboxylic acid groups (broad SMARTS) is 1. The number of aromatic hydroxyl groups is 2. The van der Waals surface area contributed by atoms with Crippen molar-refractivity contribution in [2.24, 2.45) is 0 Å². The van der Waals surface area contributed by atoms with Crippen molar-refractivity contribution in [2.45, 2.75) is 19.3 Å². The third-order valence-corrected chi connectivity index (χ3v) is 3.87. The maximum atomic E-state index is 12.1. The van der Waals surface area contributed by atoms with Crippen LogP contribution in [0, 0.1) is 0 Å². The standard InChI is InChI=1S/C19H18O5/c1-19(2,18(23)24)13-9-7-12(17(22)11-13)8-10-16(21)14-5-3-4-6-15(14)20/h3-11,20,22H,1-2H3,(H,23,24). The Kier molecular flexibility index (Phi) is 4.74. The zero-order valence-electron chi connectivity index (χ0n) is 13.4. The van der Waals surface area contributed by atoms with Crippen molar-refractivity contribution < 1.29 is 24.9 Å². The molecule has 5 heteroatoms. The highest BCUT2D eigenvalue weighted by atomic mass is 16.4. The van der Waals surface area contributed by atoms with Gasteiger partial charge in [0.15, 0.2) is 5.78 Å². The molecule has 0 heterocycles. The van der Waals surface area contributed by atoms with Crippen LogP contribution in [0.15, 0.2) is 48.5 Å². The molecule has 124 valence electrons. The number of hydrogen-bond acceptors (Lipinski definition) is 4. The summed E-state index contributed by atoms with van der Waals surface area (Å²) in [5.74, 6) is -1.64. The first-order valence-electron chi connectivity index (χ1n) is 7.31. The van der Waals surface area contributed by atoms with Gasteiger partial charge in [-0.3, -0.25) is 9.59 Å². The maximum absolute atomic E-state index is 12.1. The number of hydrogen-bond donors (Lipinski definition) is 3. The molecule has 2 rings (SSSR count). The van der Waals surface area contributed by atoms with Gasteiger partial charge in [0, 0.05) is 5.56 Å². The van der Waals surface area contributed by atoms with E-state index in [0.29, 0.717) is 11.1 Å². The van der Waals surface area contributed by atoms with Crippen LogP contribution in [0.1, 0.15) is 35.3 Å². The molecule has 0 saturated carbocycles. The van der Waals surface area contributed by atoms with E-state index in [9.17, 15) is 24.9 Å². The molecule has 0 atom stereocenters. The first-order chi connectivity index (χ1) is 11.2. The van der Waals surface area contributed by atoms with E-state index in [1.807, 2.05) is 0 Å². The van der Waals surface area contributed by atoms with Crippen molar-refractivity contribution in [1.29, 1.82) is 0 Å². The molecule has 0 amide bonds. The third kappa shape index (κ3) is 3.46. The fourth-order valence-corrected chi connectivity index (χ4v) is 2.13. The number of benzene rings is 2. The molecule has 0 aromatic heterocycles. The van der Waals surface area contributed by atoms with E-state index in [-0.39, 0.29) is 17.1 Å². The van der Waals surface area contributed by atoms with Gasteiger partial charge in [-0.15, -0.1) is 0 Å². The first kappa shape index (κ1) is 17.3. The average molecular weight is 326 g/mol. The quantitative estimate of drug-likeness (QED) is 0.578. The van der Waals surface area contributed by atoms with Crippen LogP contribution >= 0.6 is 0 Å². The number of allylic oxidation sites excluding steroid dienone is 1. The minimum absolute atomic E-state index is 0.116. The molecule has 0 aliphatic heterocycles. The summed E-state index contributed by atoms with van der Waals surface area (Å²) in [7, 11) is 0. The molecule has 0 spiro atoms. The molecule has 0 aliphatic carbocycles. The highest BCUT2D eigenvalue weighted by Gasteiger charge is 2.29. The average Bonchev–Trinajstić information content (AvgIpc) is 2.53. The SMILES string of the molecule is CC(C)(C(=O)O)c1ccc(C=CC(=O)c2ccccc2O)c(O)c1. The molecule has 0 radical (unpaired) electrons. The lowest BCUT2D eigenvalue weighted by Gasteiger charge is -2.20. The summed E-state index contributed by atoms with van der Waals surface area (Å²) < 4.78 is 0. The second-order valence-electron chi connectivity index (χ2n) is 5.92. The van der Waals surface area contributed by atoms with Crippen molar-refractivity contribution in [2.75, 3.05) is 0 Å². The van der Waals surface area contributed by atoms with E-state index in [1.54, 1.807) is 38.1 Å². The van der Waals surface area contributed by atoms with Crippen molar-refractivity contribution in [1.82, 2.24) is 0 Å². The second kappa shape index (κ2) is 6.58. The molecule has 0 fully saturated rings. The highest BCUT2D eigenvalue weighted by molar-refractivity contribution is 6.08. The number of ketones is 1. The smallest absolute Gasteiger partial charge is 0.313 e. The lowest BCUT2D eigenvalue weighted by molar-refractivity contribution is -0.142. The Hall–Kier alpha value is -3.08. The van der Waals surface area contributed by atoms with E-state index in [2.05, 4.69) is 0 Å². The number of carbonyl (C=O) groups is 2. The van der Waals surface area contributed by atoms with Crippen molar-refractivity contribution in [3.05, 3.63) is 65.2 Å². The molecule has 5 nitrogen and oxygen atoms in total. The fraction of sp³-hybridized carbons (Fsp3) is 0.158. The van der Waals surface area contributed by atoms with Gasteiger partial charge in [-0.25, -0.2) is 0 Å². The Bertz CT molecular complexity index is 818. The summed E-state index contributed by atoms with van der Waals surface area (Å²) >= 11 is 0. The highest BCUT2D eigenvalue weighted by Crippen LogP contribution is 2.29. The number of phenolic OH excluding ortho intramolecular Hbond substituents is 2. The van der Waals surface area contributed by atoms with Gasteiger partial charge in [-0.1, -0.05) is 24.3 Å². The summed E-state index contributed by atoms with van der Waals surface area (Å²) in [6.07, 6.45) is 2.66. The fourth-order valence-electron chi connectivity index (χ4n) is 2.13. The maximum Gasteiger partial charge on any atom is 0.313 e.